The lowest BCUT2D eigenvalue weighted by Gasteiger charge is -2.33. The fourth-order valence-electron chi connectivity index (χ4n) is 3.57. The van der Waals surface area contributed by atoms with Crippen LogP contribution >= 0.6 is 0 Å². The van der Waals surface area contributed by atoms with E-state index in [-0.39, 0.29) is 24.5 Å². The molecule has 0 aliphatic carbocycles. The van der Waals surface area contributed by atoms with Gasteiger partial charge in [0.2, 0.25) is 0 Å². The second-order valence-electron chi connectivity index (χ2n) is 7.32. The van der Waals surface area contributed by atoms with Gasteiger partial charge in [-0.2, -0.15) is 23.4 Å². The Hall–Kier alpha value is -3.30. The summed E-state index contributed by atoms with van der Waals surface area (Å²) in [5.41, 5.74) is 2.40. The van der Waals surface area contributed by atoms with Gasteiger partial charge >= 0.3 is 6.18 Å². The molecule has 4 rings (SSSR count). The second kappa shape index (κ2) is 7.51. The summed E-state index contributed by atoms with van der Waals surface area (Å²) in [6.45, 7) is 2.08. The summed E-state index contributed by atoms with van der Waals surface area (Å²) in [5, 5.41) is 13.9. The van der Waals surface area contributed by atoms with Crippen molar-refractivity contribution in [1.82, 2.24) is 24.9 Å². The van der Waals surface area contributed by atoms with Gasteiger partial charge in [-0.15, -0.1) is 0 Å². The summed E-state index contributed by atoms with van der Waals surface area (Å²) in [7, 11) is 1.79. The Balaban J connectivity index is 1.57. The lowest BCUT2D eigenvalue weighted by atomic mass is 9.97. The van der Waals surface area contributed by atoms with Crippen LogP contribution in [-0.2, 0) is 13.6 Å². The van der Waals surface area contributed by atoms with Gasteiger partial charge in [-0.05, 0) is 12.5 Å². The lowest BCUT2D eigenvalue weighted by Crippen LogP contribution is -2.35. The Morgan fingerprint density at radius 2 is 2.03 bits per heavy atom. The molecule has 158 valence electrons. The van der Waals surface area contributed by atoms with Crippen molar-refractivity contribution in [3.8, 4) is 0 Å². The maximum absolute atomic E-state index is 13.7. The van der Waals surface area contributed by atoms with Crippen molar-refractivity contribution in [1.29, 1.82) is 0 Å². The van der Waals surface area contributed by atoms with Gasteiger partial charge in [-0.3, -0.25) is 9.48 Å². The third-order valence-corrected chi connectivity index (χ3v) is 5.40. The fraction of sp³-hybridized carbons (Fsp3) is 0.350. The van der Waals surface area contributed by atoms with Crippen LogP contribution in [0.4, 0.5) is 19.0 Å². The van der Waals surface area contributed by atoms with Gasteiger partial charge < -0.3 is 10.6 Å². The van der Waals surface area contributed by atoms with Crippen LogP contribution < -0.4 is 10.6 Å². The van der Waals surface area contributed by atoms with E-state index in [4.69, 9.17) is 0 Å². The normalized spacial score (nSPS) is 18.6. The van der Waals surface area contributed by atoms with E-state index in [1.54, 1.807) is 42.2 Å². The zero-order valence-corrected chi connectivity index (χ0v) is 16.4. The van der Waals surface area contributed by atoms with Crippen molar-refractivity contribution in [3.63, 3.8) is 0 Å². The van der Waals surface area contributed by atoms with Gasteiger partial charge in [0, 0.05) is 37.3 Å². The maximum Gasteiger partial charge on any atom is 0.410 e. The van der Waals surface area contributed by atoms with E-state index >= 15 is 0 Å². The van der Waals surface area contributed by atoms with E-state index in [9.17, 15) is 18.0 Å². The molecule has 0 saturated heterocycles. The standard InChI is InChI=1S/C20H21F3N6O/c1-12-14(11-25-28(12)2)10-24-19(30)16-9-18-26-15(13-6-4-3-5-7-13)8-17(20(21,22)23)29(18)27-16/h3-7,9,11,15,17,26H,8,10H2,1-2H3,(H,24,30)/t15-,17+/m0/s1. The topological polar surface area (TPSA) is 76.8 Å². The molecule has 0 radical (unpaired) electrons. The van der Waals surface area contributed by atoms with Gasteiger partial charge in [0.25, 0.3) is 5.91 Å². The summed E-state index contributed by atoms with van der Waals surface area (Å²) in [6.07, 6.45) is -3.06. The summed E-state index contributed by atoms with van der Waals surface area (Å²) in [6, 6.07) is 7.94. The first-order valence-corrected chi connectivity index (χ1v) is 9.47. The molecule has 3 heterocycles. The number of anilines is 1. The van der Waals surface area contributed by atoms with Gasteiger partial charge in [0.05, 0.1) is 12.2 Å². The number of carbonyl (C=O) groups is 1. The molecule has 1 aromatic carbocycles. The number of aromatic nitrogens is 4. The minimum absolute atomic E-state index is 0.0676. The molecule has 0 saturated carbocycles. The molecule has 0 fully saturated rings. The van der Waals surface area contributed by atoms with Gasteiger partial charge in [-0.25, -0.2) is 4.68 Å². The molecule has 2 N–H and O–H groups in total. The zero-order chi connectivity index (χ0) is 21.5. The Morgan fingerprint density at radius 1 is 1.30 bits per heavy atom. The smallest absolute Gasteiger partial charge is 0.363 e. The molecule has 1 amide bonds. The minimum Gasteiger partial charge on any atom is -0.363 e. The SMILES string of the molecule is Cc1c(CNC(=O)c2cc3n(n2)[C@@H](C(F)(F)F)C[C@@H](c2ccccc2)N3)cnn1C. The van der Waals surface area contributed by atoms with Crippen LogP contribution in [0.15, 0.2) is 42.6 Å². The Morgan fingerprint density at radius 3 is 2.67 bits per heavy atom. The van der Waals surface area contributed by atoms with E-state index < -0.39 is 24.2 Å². The number of alkyl halides is 3. The number of aryl methyl sites for hydroxylation is 1. The van der Waals surface area contributed by atoms with Crippen LogP contribution in [-0.4, -0.2) is 31.6 Å². The van der Waals surface area contributed by atoms with E-state index in [1.165, 1.54) is 6.07 Å². The average molecular weight is 418 g/mol. The number of hydrogen-bond donors (Lipinski definition) is 2. The first-order valence-electron chi connectivity index (χ1n) is 9.47. The molecule has 2 atom stereocenters. The summed E-state index contributed by atoms with van der Waals surface area (Å²) >= 11 is 0. The van der Waals surface area contributed by atoms with Crippen LogP contribution in [0.2, 0.25) is 0 Å². The molecule has 3 aromatic rings. The van der Waals surface area contributed by atoms with Crippen molar-refractivity contribution in [2.45, 2.75) is 38.1 Å². The van der Waals surface area contributed by atoms with Crippen molar-refractivity contribution < 1.29 is 18.0 Å². The molecule has 10 heteroatoms. The number of amides is 1. The predicted octanol–water partition coefficient (Wildman–Crippen LogP) is 3.52. The number of halogens is 3. The highest BCUT2D eigenvalue weighted by atomic mass is 19.4. The van der Waals surface area contributed by atoms with Crippen molar-refractivity contribution >= 4 is 11.7 Å². The number of nitrogens with zero attached hydrogens (tertiary/aromatic N) is 4. The molecule has 2 aromatic heterocycles. The van der Waals surface area contributed by atoms with Crippen molar-refractivity contribution in [3.05, 3.63) is 65.1 Å². The molecule has 1 aliphatic heterocycles. The van der Waals surface area contributed by atoms with E-state index in [0.717, 1.165) is 21.5 Å². The van der Waals surface area contributed by atoms with Crippen LogP contribution in [0.1, 0.15) is 45.8 Å². The maximum atomic E-state index is 13.7. The van der Waals surface area contributed by atoms with Crippen LogP contribution in [0.3, 0.4) is 0 Å². The molecule has 1 aliphatic rings. The van der Waals surface area contributed by atoms with Gasteiger partial charge in [0.15, 0.2) is 11.7 Å². The van der Waals surface area contributed by atoms with Crippen LogP contribution in [0.5, 0.6) is 0 Å². The number of rotatable bonds is 4. The molecular weight excluding hydrogens is 397 g/mol. The summed E-state index contributed by atoms with van der Waals surface area (Å²) < 4.78 is 43.8. The summed E-state index contributed by atoms with van der Waals surface area (Å²) in [5.74, 6) is -0.376. The largest absolute Gasteiger partial charge is 0.410 e. The van der Waals surface area contributed by atoms with Crippen LogP contribution in [0, 0.1) is 6.92 Å². The third kappa shape index (κ3) is 3.77. The highest BCUT2D eigenvalue weighted by molar-refractivity contribution is 5.93. The molecule has 0 unspecified atom stereocenters. The average Bonchev–Trinajstić information content (AvgIpc) is 3.29. The molecular formula is C20H21F3N6O. The van der Waals surface area contributed by atoms with E-state index in [2.05, 4.69) is 20.8 Å². The van der Waals surface area contributed by atoms with Crippen LogP contribution in [0.25, 0.3) is 0 Å². The van der Waals surface area contributed by atoms with Gasteiger partial charge in [0.1, 0.15) is 5.82 Å². The highest BCUT2D eigenvalue weighted by Crippen LogP contribution is 2.43. The fourth-order valence-corrected chi connectivity index (χ4v) is 3.57. The quantitative estimate of drug-likeness (QED) is 0.680. The summed E-state index contributed by atoms with van der Waals surface area (Å²) in [4.78, 5) is 12.5. The molecule has 0 bridgehead atoms. The molecule has 7 nitrogen and oxygen atoms in total. The predicted molar refractivity (Wildman–Crippen MR) is 104 cm³/mol. The Bertz CT molecular complexity index is 1060. The number of hydrogen-bond acceptors (Lipinski definition) is 4. The van der Waals surface area contributed by atoms with Gasteiger partial charge in [-0.1, -0.05) is 30.3 Å². The number of benzene rings is 1. The minimum atomic E-state index is -4.49. The third-order valence-electron chi connectivity index (χ3n) is 5.40. The highest BCUT2D eigenvalue weighted by Gasteiger charge is 2.46. The first-order chi connectivity index (χ1) is 14.2. The van der Waals surface area contributed by atoms with E-state index in [0.29, 0.717) is 0 Å². The number of fused-ring (bicyclic) bond motifs is 1. The molecule has 0 spiro atoms. The number of carbonyl (C=O) groups excluding carboxylic acids is 1. The van der Waals surface area contributed by atoms with Crippen molar-refractivity contribution in [2.24, 2.45) is 7.05 Å². The first kappa shape index (κ1) is 20.0. The zero-order valence-electron chi connectivity index (χ0n) is 16.4. The van der Waals surface area contributed by atoms with E-state index in [1.807, 2.05) is 13.0 Å². The second-order valence-corrected chi connectivity index (χ2v) is 7.32. The lowest BCUT2D eigenvalue weighted by molar-refractivity contribution is -0.173. The Kier molecular flexibility index (Phi) is 5.00. The Labute approximate surface area is 170 Å². The monoisotopic (exact) mass is 418 g/mol. The number of nitrogens with one attached hydrogen (secondary N) is 2. The molecule has 30 heavy (non-hydrogen) atoms. The van der Waals surface area contributed by atoms with Crippen molar-refractivity contribution in [2.75, 3.05) is 5.32 Å².